The lowest BCUT2D eigenvalue weighted by molar-refractivity contribution is -0.384. The number of nitro groups is 1. The quantitative estimate of drug-likeness (QED) is 0.676. The Morgan fingerprint density at radius 1 is 1.14 bits per heavy atom. The zero-order chi connectivity index (χ0) is 15.4. The molecule has 2 rings (SSSR count). The fraction of sp³-hybridized carbons (Fsp3) is 0.143. The average Bonchev–Trinajstić information content (AvgIpc) is 2.43. The van der Waals surface area contributed by atoms with Crippen LogP contribution in [0.3, 0.4) is 0 Å². The van der Waals surface area contributed by atoms with Crippen LogP contribution in [0.15, 0.2) is 36.4 Å². The molecule has 0 heterocycles. The van der Waals surface area contributed by atoms with Crippen LogP contribution >= 0.6 is 0 Å². The number of nitrogens with one attached hydrogen (secondary N) is 1. The van der Waals surface area contributed by atoms with Crippen LogP contribution in [0.2, 0.25) is 0 Å². The number of anilines is 1. The van der Waals surface area contributed by atoms with Gasteiger partial charge in [-0.05, 0) is 30.2 Å². The minimum absolute atomic E-state index is 0.102. The monoisotopic (exact) mass is 296 g/mol. The fourth-order valence-electron chi connectivity index (χ4n) is 1.89. The van der Waals surface area contributed by atoms with Crippen LogP contribution in [0.4, 0.5) is 24.5 Å². The number of hydrogen-bond donors (Lipinski definition) is 1. The van der Waals surface area contributed by atoms with Gasteiger partial charge in [0, 0.05) is 12.6 Å². The smallest absolute Gasteiger partial charge is 0.295 e. The van der Waals surface area contributed by atoms with Crippen molar-refractivity contribution >= 4 is 11.4 Å². The molecule has 0 atom stereocenters. The lowest BCUT2D eigenvalue weighted by Gasteiger charge is -2.08. The molecule has 0 aliphatic carbocycles. The third-order valence-corrected chi connectivity index (χ3v) is 2.87. The van der Waals surface area contributed by atoms with Gasteiger partial charge in [0.15, 0.2) is 17.3 Å². The van der Waals surface area contributed by atoms with E-state index >= 15 is 0 Å². The highest BCUT2D eigenvalue weighted by Crippen LogP contribution is 2.28. The molecule has 0 aliphatic rings. The first-order chi connectivity index (χ1) is 9.99. The van der Waals surface area contributed by atoms with Gasteiger partial charge >= 0.3 is 0 Å². The molecule has 0 saturated heterocycles. The highest BCUT2D eigenvalue weighted by Gasteiger charge is 2.21. The molecule has 110 valence electrons. The van der Waals surface area contributed by atoms with E-state index in [1.807, 2.05) is 0 Å². The summed E-state index contributed by atoms with van der Waals surface area (Å²) < 4.78 is 39.7. The van der Waals surface area contributed by atoms with Gasteiger partial charge in [0.25, 0.3) is 5.69 Å². The van der Waals surface area contributed by atoms with Crippen LogP contribution in [0.5, 0.6) is 0 Å². The molecule has 0 amide bonds. The molecule has 0 aliphatic heterocycles. The summed E-state index contributed by atoms with van der Waals surface area (Å²) in [6.07, 6.45) is 0.310. The molecule has 0 spiro atoms. The Hall–Kier alpha value is -2.57. The maximum Gasteiger partial charge on any atom is 0.295 e. The SMILES string of the molecule is O=[N+]([O-])c1ccc(F)c(F)c1NCCc1cccc(F)c1. The number of nitrogens with zero attached hydrogens (tertiary/aromatic N) is 1. The van der Waals surface area contributed by atoms with Crippen molar-refractivity contribution in [3.05, 3.63) is 69.5 Å². The van der Waals surface area contributed by atoms with Crippen LogP contribution in [-0.2, 0) is 6.42 Å². The topological polar surface area (TPSA) is 55.2 Å². The van der Waals surface area contributed by atoms with Crippen LogP contribution in [0, 0.1) is 27.6 Å². The van der Waals surface area contributed by atoms with Crippen molar-refractivity contribution < 1.29 is 18.1 Å². The summed E-state index contributed by atoms with van der Waals surface area (Å²) in [6.45, 7) is 0.102. The first-order valence-corrected chi connectivity index (χ1v) is 6.09. The van der Waals surface area contributed by atoms with Crippen molar-refractivity contribution in [2.45, 2.75) is 6.42 Å². The second kappa shape index (κ2) is 6.25. The molecular weight excluding hydrogens is 285 g/mol. The zero-order valence-electron chi connectivity index (χ0n) is 10.8. The molecule has 0 radical (unpaired) electrons. The Balaban J connectivity index is 2.12. The molecule has 0 saturated carbocycles. The van der Waals surface area contributed by atoms with Crippen LogP contribution in [-0.4, -0.2) is 11.5 Å². The summed E-state index contributed by atoms with van der Waals surface area (Å²) in [5, 5.41) is 13.3. The number of benzene rings is 2. The standard InChI is InChI=1S/C14H11F3N2O2/c15-10-3-1-2-9(8-10)6-7-18-14-12(19(20)21)5-4-11(16)13(14)17/h1-5,8,18H,6-7H2. The van der Waals surface area contributed by atoms with Crippen molar-refractivity contribution in [2.24, 2.45) is 0 Å². The molecule has 0 fully saturated rings. The van der Waals surface area contributed by atoms with Gasteiger partial charge in [-0.3, -0.25) is 10.1 Å². The van der Waals surface area contributed by atoms with Crippen LogP contribution in [0.1, 0.15) is 5.56 Å². The van der Waals surface area contributed by atoms with Crippen molar-refractivity contribution in [3.63, 3.8) is 0 Å². The van der Waals surface area contributed by atoms with Gasteiger partial charge in [-0.1, -0.05) is 12.1 Å². The normalized spacial score (nSPS) is 10.4. The molecule has 2 aromatic carbocycles. The van der Waals surface area contributed by atoms with E-state index in [2.05, 4.69) is 5.32 Å². The molecule has 0 bridgehead atoms. The third-order valence-electron chi connectivity index (χ3n) is 2.87. The maximum absolute atomic E-state index is 13.6. The number of rotatable bonds is 5. The molecule has 4 nitrogen and oxygen atoms in total. The Labute approximate surface area is 118 Å². The summed E-state index contributed by atoms with van der Waals surface area (Å²) in [5.41, 5.74) is -0.411. The number of nitro benzene ring substituents is 1. The largest absolute Gasteiger partial charge is 0.377 e. The Kier molecular flexibility index (Phi) is 4.42. The van der Waals surface area contributed by atoms with E-state index in [0.717, 1.165) is 6.07 Å². The summed E-state index contributed by atoms with van der Waals surface area (Å²) in [4.78, 5) is 9.99. The molecule has 0 aromatic heterocycles. The van der Waals surface area contributed by atoms with Crippen molar-refractivity contribution in [3.8, 4) is 0 Å². The zero-order valence-corrected chi connectivity index (χ0v) is 10.8. The first kappa shape index (κ1) is 14.8. The fourth-order valence-corrected chi connectivity index (χ4v) is 1.89. The van der Waals surface area contributed by atoms with E-state index in [0.29, 0.717) is 18.1 Å². The molecule has 2 aromatic rings. The Morgan fingerprint density at radius 2 is 1.90 bits per heavy atom. The second-order valence-electron chi connectivity index (χ2n) is 4.32. The van der Waals surface area contributed by atoms with Gasteiger partial charge in [0.05, 0.1) is 4.92 Å². The highest BCUT2D eigenvalue weighted by molar-refractivity contribution is 5.62. The van der Waals surface area contributed by atoms with Crippen molar-refractivity contribution in [1.82, 2.24) is 0 Å². The van der Waals surface area contributed by atoms with Gasteiger partial charge in [-0.2, -0.15) is 0 Å². The minimum Gasteiger partial charge on any atom is -0.377 e. The Bertz CT molecular complexity index is 677. The Morgan fingerprint density at radius 3 is 2.57 bits per heavy atom. The summed E-state index contributed by atoms with van der Waals surface area (Å²) in [7, 11) is 0. The van der Waals surface area contributed by atoms with E-state index in [1.54, 1.807) is 6.07 Å². The van der Waals surface area contributed by atoms with Gasteiger partial charge in [-0.25, -0.2) is 13.2 Å². The van der Waals surface area contributed by atoms with Crippen LogP contribution in [0.25, 0.3) is 0 Å². The molecule has 0 unspecified atom stereocenters. The van der Waals surface area contributed by atoms with Crippen molar-refractivity contribution in [1.29, 1.82) is 0 Å². The third kappa shape index (κ3) is 3.50. The predicted octanol–water partition coefficient (Wildman–Crippen LogP) is 3.67. The highest BCUT2D eigenvalue weighted by atomic mass is 19.2. The molecule has 7 heteroatoms. The van der Waals surface area contributed by atoms with Gasteiger partial charge in [-0.15, -0.1) is 0 Å². The van der Waals surface area contributed by atoms with Gasteiger partial charge < -0.3 is 5.32 Å². The van der Waals surface area contributed by atoms with E-state index in [-0.39, 0.29) is 6.54 Å². The number of hydrogen-bond acceptors (Lipinski definition) is 3. The lowest BCUT2D eigenvalue weighted by Crippen LogP contribution is -2.09. The lowest BCUT2D eigenvalue weighted by atomic mass is 10.1. The molecule has 1 N–H and O–H groups in total. The summed E-state index contributed by atoms with van der Waals surface area (Å²) in [5.74, 6) is -2.88. The van der Waals surface area contributed by atoms with E-state index in [4.69, 9.17) is 0 Å². The van der Waals surface area contributed by atoms with Crippen molar-refractivity contribution in [2.75, 3.05) is 11.9 Å². The first-order valence-electron chi connectivity index (χ1n) is 6.09. The van der Waals surface area contributed by atoms with E-state index in [1.165, 1.54) is 18.2 Å². The van der Waals surface area contributed by atoms with Gasteiger partial charge in [0.2, 0.25) is 0 Å². The second-order valence-corrected chi connectivity index (χ2v) is 4.32. The minimum atomic E-state index is -1.30. The summed E-state index contributed by atoms with van der Waals surface area (Å²) in [6, 6.07) is 7.37. The maximum atomic E-state index is 13.6. The van der Waals surface area contributed by atoms with E-state index in [9.17, 15) is 23.3 Å². The average molecular weight is 296 g/mol. The summed E-state index contributed by atoms with van der Waals surface area (Å²) >= 11 is 0. The molecule has 21 heavy (non-hydrogen) atoms. The number of halogens is 3. The van der Waals surface area contributed by atoms with Crippen LogP contribution < -0.4 is 5.32 Å². The predicted molar refractivity (Wildman–Crippen MR) is 71.6 cm³/mol. The van der Waals surface area contributed by atoms with Gasteiger partial charge in [0.1, 0.15) is 5.82 Å². The molecular formula is C14H11F3N2O2. The van der Waals surface area contributed by atoms with E-state index < -0.39 is 33.7 Å².